The van der Waals surface area contributed by atoms with Gasteiger partial charge in [-0.3, -0.25) is 4.79 Å². The number of carbonyl (C=O) groups is 1. The molecule has 9 nitrogen and oxygen atoms in total. The number of nitriles is 1. The van der Waals surface area contributed by atoms with E-state index in [1.54, 1.807) is 10.7 Å². The lowest BCUT2D eigenvalue weighted by molar-refractivity contribution is 0.112. The van der Waals surface area contributed by atoms with Crippen molar-refractivity contribution in [3.05, 3.63) is 83.7 Å². The summed E-state index contributed by atoms with van der Waals surface area (Å²) < 4.78 is 7.41. The molecule has 0 unspecified atom stereocenters. The molecule has 36 heavy (non-hydrogen) atoms. The van der Waals surface area contributed by atoms with E-state index >= 15 is 0 Å². The van der Waals surface area contributed by atoms with Crippen LogP contribution in [-0.4, -0.2) is 64.4 Å². The summed E-state index contributed by atoms with van der Waals surface area (Å²) >= 11 is 0. The predicted molar refractivity (Wildman–Crippen MR) is 138 cm³/mol. The monoisotopic (exact) mass is 487 g/mol. The molecule has 0 amide bonds. The smallest absolute Gasteiger partial charge is 0.151 e. The van der Waals surface area contributed by atoms with Crippen LogP contribution in [0, 0.1) is 18.3 Å². The van der Waals surface area contributed by atoms with Gasteiger partial charge in [-0.2, -0.15) is 10.4 Å². The molecule has 2 aromatic carbocycles. The van der Waals surface area contributed by atoms with Crippen molar-refractivity contribution in [1.29, 1.82) is 5.26 Å². The van der Waals surface area contributed by atoms with Crippen LogP contribution in [0.2, 0.25) is 0 Å². The first-order valence-electron chi connectivity index (χ1n) is 11.4. The summed E-state index contributed by atoms with van der Waals surface area (Å²) in [5.74, 6) is 1.47. The molecular formula is C27H29N5O4. The average Bonchev–Trinajstić information content (AvgIpc) is 3.22. The maximum Gasteiger partial charge on any atom is 0.151 e. The molecule has 2 aromatic heterocycles. The maximum absolute atomic E-state index is 11.3. The van der Waals surface area contributed by atoms with Gasteiger partial charge in [0, 0.05) is 30.5 Å². The molecule has 0 bridgehead atoms. The Labute approximate surface area is 209 Å². The van der Waals surface area contributed by atoms with Crippen LogP contribution >= 0.6 is 0 Å². The van der Waals surface area contributed by atoms with E-state index in [1.807, 2.05) is 73.5 Å². The van der Waals surface area contributed by atoms with Gasteiger partial charge in [0.1, 0.15) is 17.6 Å². The Morgan fingerprint density at radius 2 is 1.72 bits per heavy atom. The summed E-state index contributed by atoms with van der Waals surface area (Å²) in [7, 11) is 1.85. The number of carbonyl (C=O) groups excluding carboxylic acids is 1. The van der Waals surface area contributed by atoms with Gasteiger partial charge in [-0.1, -0.05) is 18.2 Å². The minimum Gasteiger partial charge on any atom is -0.457 e. The second-order valence-electron chi connectivity index (χ2n) is 7.98. The number of fused-ring (bicyclic) bond motifs is 1. The van der Waals surface area contributed by atoms with Gasteiger partial charge in [0.15, 0.2) is 6.29 Å². The fourth-order valence-electron chi connectivity index (χ4n) is 3.47. The lowest BCUT2D eigenvalue weighted by atomic mass is 10.1. The van der Waals surface area contributed by atoms with E-state index in [1.165, 1.54) is 6.20 Å². The van der Waals surface area contributed by atoms with E-state index < -0.39 is 0 Å². The number of aliphatic hydroxyl groups is 2. The Kier molecular flexibility index (Phi) is 9.54. The number of aryl methyl sites for hydroxylation is 1. The summed E-state index contributed by atoms with van der Waals surface area (Å²) in [5.41, 5.74) is 3.81. The molecule has 186 valence electrons. The molecule has 0 radical (unpaired) electrons. The van der Waals surface area contributed by atoms with Gasteiger partial charge in [0.05, 0.1) is 36.2 Å². The number of nitrogens with one attached hydrogen (secondary N) is 1. The summed E-state index contributed by atoms with van der Waals surface area (Å²) in [6.07, 6.45) is 3.92. The van der Waals surface area contributed by atoms with Gasteiger partial charge >= 0.3 is 0 Å². The van der Waals surface area contributed by atoms with Crippen molar-refractivity contribution in [2.45, 2.75) is 6.92 Å². The number of nitrogens with zero attached hydrogens (tertiary/aromatic N) is 4. The standard InChI is InChI=1S/C22H16N4O2.C5H13NO2/c1-15-17(14-27)13-26-22(15)21(16(11-23)12-24-26)25-18-7-9-20(10-8-18)28-19-5-3-2-4-6-19;1-6(2-4-7)3-5-8/h2-10,12-14,25H,1H3;7-8H,2-5H2,1H3. The lowest BCUT2D eigenvalue weighted by Crippen LogP contribution is -2.25. The average molecular weight is 488 g/mol. The Hall–Kier alpha value is -4.23. The van der Waals surface area contributed by atoms with Gasteiger partial charge in [0.2, 0.25) is 0 Å². The number of aldehydes is 1. The Morgan fingerprint density at radius 3 is 2.31 bits per heavy atom. The second kappa shape index (κ2) is 13.0. The molecule has 2 heterocycles. The highest BCUT2D eigenvalue weighted by Gasteiger charge is 2.15. The minimum absolute atomic E-state index is 0.163. The number of benzene rings is 2. The van der Waals surface area contributed by atoms with Crippen LogP contribution in [0.4, 0.5) is 11.4 Å². The Balaban J connectivity index is 0.000000392. The number of para-hydroxylation sites is 1. The molecule has 3 N–H and O–H groups in total. The van der Waals surface area contributed by atoms with Crippen LogP contribution in [0.25, 0.3) is 5.52 Å². The zero-order valence-electron chi connectivity index (χ0n) is 20.3. The van der Waals surface area contributed by atoms with Crippen molar-refractivity contribution in [2.75, 3.05) is 38.7 Å². The topological polar surface area (TPSA) is 123 Å². The molecule has 9 heteroatoms. The number of anilines is 2. The third kappa shape index (κ3) is 6.67. The first-order valence-corrected chi connectivity index (χ1v) is 11.4. The largest absolute Gasteiger partial charge is 0.457 e. The number of rotatable bonds is 9. The molecule has 0 saturated carbocycles. The Bertz CT molecular complexity index is 1310. The van der Waals surface area contributed by atoms with Gasteiger partial charge in [-0.15, -0.1) is 0 Å². The molecule has 0 aliphatic rings. The number of hydrogen-bond donors (Lipinski definition) is 3. The molecule has 0 saturated heterocycles. The van der Waals surface area contributed by atoms with Crippen LogP contribution in [-0.2, 0) is 0 Å². The molecule has 0 aliphatic heterocycles. The third-order valence-electron chi connectivity index (χ3n) is 5.41. The number of aromatic nitrogens is 2. The van der Waals surface area contributed by atoms with Gasteiger partial charge in [0.25, 0.3) is 0 Å². The summed E-state index contributed by atoms with van der Waals surface area (Å²) in [6, 6.07) is 19.1. The molecular weight excluding hydrogens is 458 g/mol. The Morgan fingerprint density at radius 1 is 1.08 bits per heavy atom. The van der Waals surface area contributed by atoms with E-state index in [4.69, 9.17) is 14.9 Å². The highest BCUT2D eigenvalue weighted by Crippen LogP contribution is 2.30. The summed E-state index contributed by atoms with van der Waals surface area (Å²) in [5, 5.41) is 33.7. The second-order valence-corrected chi connectivity index (χ2v) is 7.98. The van der Waals surface area contributed by atoms with Gasteiger partial charge in [-0.05, 0) is 55.9 Å². The zero-order chi connectivity index (χ0) is 25.9. The van der Waals surface area contributed by atoms with Gasteiger partial charge in [-0.25, -0.2) is 4.52 Å². The fraction of sp³-hybridized carbons (Fsp3) is 0.222. The van der Waals surface area contributed by atoms with E-state index in [0.717, 1.165) is 23.3 Å². The first-order chi connectivity index (χ1) is 17.5. The van der Waals surface area contributed by atoms with Crippen LogP contribution in [0.5, 0.6) is 11.5 Å². The molecule has 0 aliphatic carbocycles. The van der Waals surface area contributed by atoms with E-state index in [9.17, 15) is 10.1 Å². The molecule has 4 rings (SSSR count). The summed E-state index contributed by atoms with van der Waals surface area (Å²) in [6.45, 7) is 3.44. The van der Waals surface area contributed by atoms with Crippen molar-refractivity contribution in [3.8, 4) is 17.6 Å². The van der Waals surface area contributed by atoms with Crippen LogP contribution in [0.15, 0.2) is 67.0 Å². The number of hydrogen-bond acceptors (Lipinski definition) is 8. The highest BCUT2D eigenvalue weighted by atomic mass is 16.5. The first kappa shape index (κ1) is 26.4. The maximum atomic E-state index is 11.3. The number of likely N-dealkylation sites (N-methyl/N-ethyl adjacent to an activating group) is 1. The van der Waals surface area contributed by atoms with Crippen molar-refractivity contribution in [1.82, 2.24) is 14.5 Å². The molecule has 0 atom stereocenters. The highest BCUT2D eigenvalue weighted by molar-refractivity contribution is 5.90. The molecule has 4 aromatic rings. The van der Waals surface area contributed by atoms with Crippen molar-refractivity contribution < 1.29 is 19.7 Å². The van der Waals surface area contributed by atoms with Gasteiger partial charge < -0.3 is 25.2 Å². The summed E-state index contributed by atoms with van der Waals surface area (Å²) in [4.78, 5) is 13.1. The zero-order valence-corrected chi connectivity index (χ0v) is 20.3. The van der Waals surface area contributed by atoms with Crippen LogP contribution < -0.4 is 10.1 Å². The van der Waals surface area contributed by atoms with E-state index in [-0.39, 0.29) is 13.2 Å². The minimum atomic E-state index is 0.163. The van der Waals surface area contributed by atoms with Crippen LogP contribution in [0.1, 0.15) is 21.5 Å². The fourth-order valence-corrected chi connectivity index (χ4v) is 3.47. The number of aliphatic hydroxyl groups excluding tert-OH is 2. The normalized spacial score (nSPS) is 10.4. The number of ether oxygens (including phenoxy) is 1. The van der Waals surface area contributed by atoms with Crippen LogP contribution in [0.3, 0.4) is 0 Å². The lowest BCUT2D eigenvalue weighted by Gasteiger charge is -2.12. The van der Waals surface area contributed by atoms with E-state index in [0.29, 0.717) is 41.2 Å². The van der Waals surface area contributed by atoms with E-state index in [2.05, 4.69) is 16.5 Å². The van der Waals surface area contributed by atoms with Crippen molar-refractivity contribution >= 4 is 23.2 Å². The van der Waals surface area contributed by atoms with Crippen molar-refractivity contribution in [2.24, 2.45) is 0 Å². The molecule has 0 spiro atoms. The quantitative estimate of drug-likeness (QED) is 0.305. The third-order valence-corrected chi connectivity index (χ3v) is 5.41. The van der Waals surface area contributed by atoms with Crippen molar-refractivity contribution in [3.63, 3.8) is 0 Å². The predicted octanol–water partition coefficient (Wildman–Crippen LogP) is 3.77. The molecule has 0 fully saturated rings. The SMILES string of the molecule is CN(CCO)CCO.Cc1c(C=O)cn2ncc(C#N)c(Nc3ccc(Oc4ccccc4)cc3)c12.